The molecule has 1 atom stereocenters. The van der Waals surface area contributed by atoms with E-state index in [0.717, 1.165) is 19.6 Å². The van der Waals surface area contributed by atoms with E-state index in [1.165, 1.54) is 11.3 Å². The van der Waals surface area contributed by atoms with Gasteiger partial charge >= 0.3 is 6.01 Å². The number of piperazine rings is 1. The van der Waals surface area contributed by atoms with Crippen molar-refractivity contribution in [2.24, 2.45) is 5.73 Å². The lowest BCUT2D eigenvalue weighted by atomic mass is 10.1. The van der Waals surface area contributed by atoms with Crippen LogP contribution in [-0.4, -0.2) is 35.9 Å². The number of rotatable bonds is 3. The number of nitrogens with two attached hydrogens (primary N) is 1. The van der Waals surface area contributed by atoms with Crippen molar-refractivity contribution in [3.05, 3.63) is 35.7 Å². The van der Waals surface area contributed by atoms with Gasteiger partial charge in [0.25, 0.3) is 0 Å². The van der Waals surface area contributed by atoms with Gasteiger partial charge < -0.3 is 20.0 Å². The average molecular weight is 315 g/mol. The summed E-state index contributed by atoms with van der Waals surface area (Å²) in [6.07, 6.45) is 0. The largest absolute Gasteiger partial charge is 0.406 e. The second-order valence-electron chi connectivity index (χ2n) is 6.89. The predicted molar refractivity (Wildman–Crippen MR) is 91.7 cm³/mol. The molecule has 1 fully saturated rings. The highest BCUT2D eigenvalue weighted by atomic mass is 16.4. The summed E-state index contributed by atoms with van der Waals surface area (Å²) in [6.45, 7) is 10.8. The van der Waals surface area contributed by atoms with Crippen LogP contribution >= 0.6 is 0 Å². The number of benzene rings is 1. The Hall–Kier alpha value is -2.08. The molecule has 1 unspecified atom stereocenters. The number of anilines is 2. The van der Waals surface area contributed by atoms with Crippen LogP contribution in [0.15, 0.2) is 28.7 Å². The van der Waals surface area contributed by atoms with Crippen LogP contribution in [0.1, 0.15) is 32.2 Å². The summed E-state index contributed by atoms with van der Waals surface area (Å²) in [5.74, 6) is 0.473. The van der Waals surface area contributed by atoms with Crippen LogP contribution in [0.4, 0.5) is 11.7 Å². The quantitative estimate of drug-likeness (QED) is 0.937. The van der Waals surface area contributed by atoms with Crippen molar-refractivity contribution in [1.29, 1.82) is 0 Å². The van der Waals surface area contributed by atoms with Crippen molar-refractivity contribution in [3.8, 4) is 0 Å². The lowest BCUT2D eigenvalue weighted by Gasteiger charge is -2.40. The minimum absolute atomic E-state index is 0.289. The molecule has 1 saturated heterocycles. The Balaban J connectivity index is 1.74. The van der Waals surface area contributed by atoms with Crippen molar-refractivity contribution in [2.75, 3.05) is 29.4 Å². The molecule has 0 bridgehead atoms. The Kier molecular flexibility index (Phi) is 4.02. The molecule has 0 amide bonds. The second-order valence-corrected chi connectivity index (χ2v) is 6.89. The van der Waals surface area contributed by atoms with Gasteiger partial charge in [0.2, 0.25) is 5.89 Å². The van der Waals surface area contributed by atoms with Crippen LogP contribution < -0.4 is 15.5 Å². The second kappa shape index (κ2) is 5.85. The summed E-state index contributed by atoms with van der Waals surface area (Å²) in [5.41, 5.74) is 8.02. The molecule has 0 aliphatic carbocycles. The van der Waals surface area contributed by atoms with Crippen molar-refractivity contribution < 1.29 is 4.42 Å². The summed E-state index contributed by atoms with van der Waals surface area (Å²) >= 11 is 0. The van der Waals surface area contributed by atoms with E-state index in [9.17, 15) is 0 Å². The number of para-hydroxylation sites is 1. The highest BCUT2D eigenvalue weighted by molar-refractivity contribution is 5.54. The van der Waals surface area contributed by atoms with E-state index < -0.39 is 5.54 Å². The monoisotopic (exact) mass is 315 g/mol. The van der Waals surface area contributed by atoms with E-state index in [0.29, 0.717) is 11.9 Å². The van der Waals surface area contributed by atoms with Crippen molar-refractivity contribution in [1.82, 2.24) is 10.2 Å². The van der Waals surface area contributed by atoms with E-state index in [4.69, 9.17) is 10.2 Å². The van der Waals surface area contributed by atoms with Gasteiger partial charge in [0.05, 0.1) is 5.54 Å². The fourth-order valence-electron chi connectivity index (χ4n) is 2.97. The number of hydrogen-bond donors (Lipinski definition) is 1. The van der Waals surface area contributed by atoms with E-state index in [1.54, 1.807) is 0 Å². The lowest BCUT2D eigenvalue weighted by molar-refractivity contribution is 0.370. The molecule has 1 aliphatic heterocycles. The molecule has 6 heteroatoms. The van der Waals surface area contributed by atoms with Gasteiger partial charge in [-0.2, -0.15) is 0 Å². The zero-order chi connectivity index (χ0) is 16.6. The summed E-state index contributed by atoms with van der Waals surface area (Å²) in [7, 11) is 0. The topological polar surface area (TPSA) is 71.4 Å². The average Bonchev–Trinajstić information content (AvgIpc) is 2.97. The van der Waals surface area contributed by atoms with Crippen molar-refractivity contribution in [2.45, 2.75) is 39.3 Å². The molecule has 23 heavy (non-hydrogen) atoms. The fourth-order valence-corrected chi connectivity index (χ4v) is 2.97. The Morgan fingerprint density at radius 2 is 1.96 bits per heavy atom. The third-order valence-electron chi connectivity index (χ3n) is 4.29. The van der Waals surface area contributed by atoms with E-state index in [-0.39, 0.29) is 6.04 Å². The molecule has 1 aliphatic rings. The highest BCUT2D eigenvalue weighted by Crippen LogP contribution is 2.26. The van der Waals surface area contributed by atoms with Gasteiger partial charge in [-0.1, -0.05) is 23.3 Å². The van der Waals surface area contributed by atoms with Gasteiger partial charge in [-0.25, -0.2) is 0 Å². The normalized spacial score (nSPS) is 19.3. The van der Waals surface area contributed by atoms with Gasteiger partial charge in [0.15, 0.2) is 0 Å². The van der Waals surface area contributed by atoms with Gasteiger partial charge in [-0.15, -0.1) is 5.10 Å². The molecular formula is C17H25N5O. The third-order valence-corrected chi connectivity index (χ3v) is 4.29. The van der Waals surface area contributed by atoms with Gasteiger partial charge in [0.1, 0.15) is 0 Å². The molecule has 3 rings (SSSR count). The zero-order valence-corrected chi connectivity index (χ0v) is 14.3. The standard InChI is InChI=1S/C17H25N5O/c1-12-7-5-6-8-14(12)21-9-10-22(13(2)11-21)16-20-19-15(23-16)17(3,4)18/h5-8,13H,9-11,18H2,1-4H3. The van der Waals surface area contributed by atoms with Crippen molar-refractivity contribution >= 4 is 11.7 Å². The zero-order valence-electron chi connectivity index (χ0n) is 14.3. The van der Waals surface area contributed by atoms with Crippen molar-refractivity contribution in [3.63, 3.8) is 0 Å². The number of hydrogen-bond acceptors (Lipinski definition) is 6. The van der Waals surface area contributed by atoms with Crippen LogP contribution in [0.25, 0.3) is 0 Å². The molecule has 1 aromatic heterocycles. The first-order valence-electron chi connectivity index (χ1n) is 8.06. The number of aryl methyl sites for hydroxylation is 1. The van der Waals surface area contributed by atoms with Crippen LogP contribution in [0.3, 0.4) is 0 Å². The molecular weight excluding hydrogens is 290 g/mol. The van der Waals surface area contributed by atoms with E-state index in [1.807, 2.05) is 13.8 Å². The minimum Gasteiger partial charge on any atom is -0.406 e. The molecule has 6 nitrogen and oxygen atoms in total. The summed E-state index contributed by atoms with van der Waals surface area (Å²) in [6, 6.07) is 9.35. The Morgan fingerprint density at radius 1 is 1.22 bits per heavy atom. The Labute approximate surface area is 137 Å². The molecule has 0 spiro atoms. The minimum atomic E-state index is -0.614. The van der Waals surface area contributed by atoms with Crippen LogP contribution in [0.5, 0.6) is 0 Å². The van der Waals surface area contributed by atoms with Crippen LogP contribution in [0.2, 0.25) is 0 Å². The molecule has 0 radical (unpaired) electrons. The first-order valence-corrected chi connectivity index (χ1v) is 8.06. The number of nitrogens with zero attached hydrogens (tertiary/aromatic N) is 4. The molecule has 1 aromatic carbocycles. The SMILES string of the molecule is Cc1ccccc1N1CCN(c2nnc(C(C)(C)N)o2)C(C)C1. The van der Waals surface area contributed by atoms with E-state index in [2.05, 4.69) is 58.1 Å². The van der Waals surface area contributed by atoms with Gasteiger partial charge in [0, 0.05) is 31.4 Å². The first kappa shape index (κ1) is 15.8. The summed E-state index contributed by atoms with van der Waals surface area (Å²) < 4.78 is 5.78. The summed E-state index contributed by atoms with van der Waals surface area (Å²) in [5, 5.41) is 8.27. The molecule has 2 heterocycles. The van der Waals surface area contributed by atoms with Gasteiger partial charge in [-0.05, 0) is 39.3 Å². The molecule has 2 aromatic rings. The fraction of sp³-hybridized carbons (Fsp3) is 0.529. The maximum absolute atomic E-state index is 6.03. The Bertz CT molecular complexity index is 676. The first-order chi connectivity index (χ1) is 10.9. The lowest BCUT2D eigenvalue weighted by Crippen LogP contribution is -2.52. The smallest absolute Gasteiger partial charge is 0.318 e. The third kappa shape index (κ3) is 3.17. The number of aromatic nitrogens is 2. The maximum Gasteiger partial charge on any atom is 0.318 e. The van der Waals surface area contributed by atoms with E-state index >= 15 is 0 Å². The molecule has 2 N–H and O–H groups in total. The summed E-state index contributed by atoms with van der Waals surface area (Å²) in [4.78, 5) is 4.58. The molecule has 0 saturated carbocycles. The maximum atomic E-state index is 6.03. The highest BCUT2D eigenvalue weighted by Gasteiger charge is 2.30. The predicted octanol–water partition coefficient (Wildman–Crippen LogP) is 2.29. The van der Waals surface area contributed by atoms with Crippen LogP contribution in [0, 0.1) is 6.92 Å². The van der Waals surface area contributed by atoms with Gasteiger partial charge in [-0.3, -0.25) is 0 Å². The Morgan fingerprint density at radius 3 is 2.57 bits per heavy atom. The van der Waals surface area contributed by atoms with Crippen LogP contribution in [-0.2, 0) is 5.54 Å². The molecule has 124 valence electrons.